The lowest BCUT2D eigenvalue weighted by atomic mass is 10.2. The zero-order valence-corrected chi connectivity index (χ0v) is 14.9. The predicted octanol–water partition coefficient (Wildman–Crippen LogP) is 4.36. The molecule has 0 aliphatic carbocycles. The number of aromatic nitrogens is 3. The van der Waals surface area contributed by atoms with Gasteiger partial charge in [0.15, 0.2) is 11.5 Å². The number of benzene rings is 1. The highest BCUT2D eigenvalue weighted by Gasteiger charge is 2.16. The van der Waals surface area contributed by atoms with Gasteiger partial charge < -0.3 is 14.0 Å². The molecule has 7 heteroatoms. The molecule has 0 saturated heterocycles. The highest BCUT2D eigenvalue weighted by Crippen LogP contribution is 2.39. The second-order valence-corrected chi connectivity index (χ2v) is 5.66. The van der Waals surface area contributed by atoms with Gasteiger partial charge in [-0.15, -0.1) is 0 Å². The molecule has 2 aromatic heterocycles. The van der Waals surface area contributed by atoms with E-state index in [1.54, 1.807) is 12.4 Å². The molecule has 0 saturated carbocycles. The Morgan fingerprint density at radius 2 is 1.79 bits per heavy atom. The Morgan fingerprint density at radius 1 is 1.04 bits per heavy atom. The van der Waals surface area contributed by atoms with Crippen LogP contribution >= 0.6 is 15.9 Å². The van der Waals surface area contributed by atoms with E-state index in [9.17, 15) is 0 Å². The van der Waals surface area contributed by atoms with E-state index in [-0.39, 0.29) is 0 Å². The standard InChI is InChI=1S/C17H16BrN3O3/c1-3-22-14-10-12(9-13(18)15(14)23-4-2)16-20-17(24-21-16)11-5-7-19-8-6-11/h5-10H,3-4H2,1-2H3. The molecule has 0 N–H and O–H groups in total. The normalized spacial score (nSPS) is 10.6. The maximum absolute atomic E-state index is 5.67. The Hall–Kier alpha value is -2.41. The van der Waals surface area contributed by atoms with Gasteiger partial charge in [0.1, 0.15) is 0 Å². The smallest absolute Gasteiger partial charge is 0.258 e. The first kappa shape index (κ1) is 16.4. The van der Waals surface area contributed by atoms with Crippen LogP contribution in [0, 0.1) is 0 Å². The van der Waals surface area contributed by atoms with Gasteiger partial charge in [0.2, 0.25) is 5.82 Å². The van der Waals surface area contributed by atoms with Crippen LogP contribution in [0.4, 0.5) is 0 Å². The van der Waals surface area contributed by atoms with Crippen molar-refractivity contribution in [2.45, 2.75) is 13.8 Å². The molecule has 0 unspecified atom stereocenters. The van der Waals surface area contributed by atoms with Gasteiger partial charge >= 0.3 is 0 Å². The van der Waals surface area contributed by atoms with Gasteiger partial charge in [0, 0.05) is 23.5 Å². The predicted molar refractivity (Wildman–Crippen MR) is 93.0 cm³/mol. The first-order valence-electron chi connectivity index (χ1n) is 7.56. The van der Waals surface area contributed by atoms with Crippen LogP contribution < -0.4 is 9.47 Å². The van der Waals surface area contributed by atoms with Crippen LogP contribution in [0.15, 0.2) is 45.7 Å². The van der Waals surface area contributed by atoms with Crippen LogP contribution in [-0.2, 0) is 0 Å². The van der Waals surface area contributed by atoms with Gasteiger partial charge in [-0.2, -0.15) is 4.98 Å². The summed E-state index contributed by atoms with van der Waals surface area (Å²) in [5.74, 6) is 2.22. The zero-order chi connectivity index (χ0) is 16.9. The maximum atomic E-state index is 5.67. The summed E-state index contributed by atoms with van der Waals surface area (Å²) in [7, 11) is 0. The largest absolute Gasteiger partial charge is 0.490 e. The van der Waals surface area contributed by atoms with E-state index >= 15 is 0 Å². The minimum Gasteiger partial charge on any atom is -0.490 e. The molecule has 124 valence electrons. The Kier molecular flexibility index (Phi) is 5.10. The minimum absolute atomic E-state index is 0.440. The molecule has 0 radical (unpaired) electrons. The summed E-state index contributed by atoms with van der Waals surface area (Å²) in [6.45, 7) is 4.93. The van der Waals surface area contributed by atoms with E-state index < -0.39 is 0 Å². The van der Waals surface area contributed by atoms with Crippen molar-refractivity contribution in [3.8, 4) is 34.3 Å². The molecule has 0 atom stereocenters. The van der Waals surface area contributed by atoms with Crippen LogP contribution in [0.3, 0.4) is 0 Å². The second-order valence-electron chi connectivity index (χ2n) is 4.81. The first-order chi connectivity index (χ1) is 11.7. The molecular formula is C17H16BrN3O3. The van der Waals surface area contributed by atoms with E-state index in [1.165, 1.54) is 0 Å². The third kappa shape index (κ3) is 3.41. The summed E-state index contributed by atoms with van der Waals surface area (Å²) < 4.78 is 17.4. The molecule has 0 aliphatic heterocycles. The molecule has 24 heavy (non-hydrogen) atoms. The van der Waals surface area contributed by atoms with Crippen LogP contribution in [-0.4, -0.2) is 28.3 Å². The van der Waals surface area contributed by atoms with E-state index in [4.69, 9.17) is 14.0 Å². The molecular weight excluding hydrogens is 374 g/mol. The number of nitrogens with zero attached hydrogens (tertiary/aromatic N) is 3. The minimum atomic E-state index is 0.440. The lowest BCUT2D eigenvalue weighted by molar-refractivity contribution is 0.286. The third-order valence-electron chi connectivity index (χ3n) is 3.21. The van der Waals surface area contributed by atoms with Gasteiger partial charge in [0.05, 0.1) is 17.7 Å². The van der Waals surface area contributed by atoms with Crippen LogP contribution in [0.2, 0.25) is 0 Å². The molecule has 3 aromatic rings. The number of hydrogen-bond donors (Lipinski definition) is 0. The fraction of sp³-hybridized carbons (Fsp3) is 0.235. The van der Waals surface area contributed by atoms with Gasteiger partial charge in [-0.3, -0.25) is 4.98 Å². The highest BCUT2D eigenvalue weighted by atomic mass is 79.9. The summed E-state index contributed by atoms with van der Waals surface area (Å²) in [4.78, 5) is 8.43. The van der Waals surface area contributed by atoms with Gasteiger partial charge in [-0.1, -0.05) is 5.16 Å². The van der Waals surface area contributed by atoms with E-state index in [0.717, 1.165) is 15.6 Å². The number of ether oxygens (including phenoxy) is 2. The zero-order valence-electron chi connectivity index (χ0n) is 13.3. The summed E-state index contributed by atoms with van der Waals surface area (Å²) in [5, 5.41) is 4.06. The highest BCUT2D eigenvalue weighted by molar-refractivity contribution is 9.10. The van der Waals surface area contributed by atoms with Gasteiger partial charge in [-0.25, -0.2) is 0 Å². The van der Waals surface area contributed by atoms with Crippen molar-refractivity contribution in [3.05, 3.63) is 41.1 Å². The van der Waals surface area contributed by atoms with Crippen molar-refractivity contribution in [1.82, 2.24) is 15.1 Å². The Bertz CT molecular complexity index is 821. The SMILES string of the molecule is CCOc1cc(-c2noc(-c3ccncc3)n2)cc(Br)c1OCC. The van der Waals surface area contributed by atoms with Crippen LogP contribution in [0.25, 0.3) is 22.8 Å². The average Bonchev–Trinajstić information content (AvgIpc) is 3.09. The van der Waals surface area contributed by atoms with Crippen molar-refractivity contribution >= 4 is 15.9 Å². The lowest BCUT2D eigenvalue weighted by Gasteiger charge is -2.13. The summed E-state index contributed by atoms with van der Waals surface area (Å²) >= 11 is 3.52. The van der Waals surface area contributed by atoms with Crippen molar-refractivity contribution in [1.29, 1.82) is 0 Å². The summed E-state index contributed by atoms with van der Waals surface area (Å²) in [6.07, 6.45) is 3.36. The first-order valence-corrected chi connectivity index (χ1v) is 8.35. The Labute approximate surface area is 148 Å². The van der Waals surface area contributed by atoms with E-state index in [2.05, 4.69) is 31.1 Å². The van der Waals surface area contributed by atoms with Crippen molar-refractivity contribution < 1.29 is 14.0 Å². The average molecular weight is 390 g/mol. The molecule has 0 amide bonds. The Morgan fingerprint density at radius 3 is 2.50 bits per heavy atom. The lowest BCUT2D eigenvalue weighted by Crippen LogP contribution is -2.00. The molecule has 6 nitrogen and oxygen atoms in total. The molecule has 1 aromatic carbocycles. The fourth-order valence-electron chi connectivity index (χ4n) is 2.20. The maximum Gasteiger partial charge on any atom is 0.258 e. The number of halogens is 1. The molecule has 0 bridgehead atoms. The fourth-order valence-corrected chi connectivity index (χ4v) is 2.75. The molecule has 2 heterocycles. The third-order valence-corrected chi connectivity index (χ3v) is 3.80. The second kappa shape index (κ2) is 7.44. The van der Waals surface area contributed by atoms with Gasteiger partial charge in [-0.05, 0) is 54.0 Å². The number of pyridine rings is 1. The summed E-state index contributed by atoms with van der Waals surface area (Å²) in [5.41, 5.74) is 1.59. The van der Waals surface area contributed by atoms with Crippen molar-refractivity contribution in [2.75, 3.05) is 13.2 Å². The monoisotopic (exact) mass is 389 g/mol. The molecule has 0 aliphatic rings. The molecule has 0 fully saturated rings. The summed E-state index contributed by atoms with van der Waals surface area (Å²) in [6, 6.07) is 7.36. The molecule has 3 rings (SSSR count). The van der Waals surface area contributed by atoms with Crippen molar-refractivity contribution in [3.63, 3.8) is 0 Å². The van der Waals surface area contributed by atoms with Crippen LogP contribution in [0.5, 0.6) is 11.5 Å². The topological polar surface area (TPSA) is 70.3 Å². The quantitative estimate of drug-likeness (QED) is 0.623. The number of rotatable bonds is 6. The van der Waals surface area contributed by atoms with E-state index in [1.807, 2.05) is 38.1 Å². The van der Waals surface area contributed by atoms with Crippen molar-refractivity contribution in [2.24, 2.45) is 0 Å². The van der Waals surface area contributed by atoms with E-state index in [0.29, 0.717) is 36.4 Å². The number of hydrogen-bond acceptors (Lipinski definition) is 6. The Balaban J connectivity index is 1.99. The molecule has 0 spiro atoms. The van der Waals surface area contributed by atoms with Crippen LogP contribution in [0.1, 0.15) is 13.8 Å². The van der Waals surface area contributed by atoms with Gasteiger partial charge in [0.25, 0.3) is 5.89 Å².